The number of hydrogen-bond donors (Lipinski definition) is 3. The molecule has 3 N–H and O–H groups in total. The number of nitrogens with one attached hydrogen (secondary N) is 3. The molecule has 0 aliphatic carbocycles. The number of rotatable bonds is 4. The largest absolute Gasteiger partial charge is 0.365 e. The Morgan fingerprint density at radius 3 is 2.85 bits per heavy atom. The number of benzene rings is 1. The van der Waals surface area contributed by atoms with E-state index in [1.807, 2.05) is 25.3 Å². The van der Waals surface area contributed by atoms with Gasteiger partial charge in [0.05, 0.1) is 5.56 Å². The molecule has 0 saturated carbocycles. The first-order chi connectivity index (χ1) is 9.75. The highest BCUT2D eigenvalue weighted by Gasteiger charge is 2.09. The van der Waals surface area contributed by atoms with E-state index in [0.717, 1.165) is 17.6 Å². The summed E-state index contributed by atoms with van der Waals surface area (Å²) >= 11 is 0. The molecule has 4 heteroatoms. The van der Waals surface area contributed by atoms with Crippen LogP contribution < -0.4 is 5.32 Å². The van der Waals surface area contributed by atoms with Crippen molar-refractivity contribution in [2.45, 2.75) is 13.3 Å². The average molecular weight is 267 g/mol. The summed E-state index contributed by atoms with van der Waals surface area (Å²) in [6.07, 6.45) is 4.61. The summed E-state index contributed by atoms with van der Waals surface area (Å²) in [5, 5.41) is 4.18. The van der Waals surface area contributed by atoms with Gasteiger partial charge in [-0.2, -0.15) is 0 Å². The molecule has 1 aromatic carbocycles. The van der Waals surface area contributed by atoms with Gasteiger partial charge in [0.25, 0.3) is 5.91 Å². The molecule has 0 spiro atoms. The zero-order valence-corrected chi connectivity index (χ0v) is 11.4. The summed E-state index contributed by atoms with van der Waals surface area (Å²) in [6.45, 7) is 2.53. The minimum Gasteiger partial charge on any atom is -0.365 e. The van der Waals surface area contributed by atoms with Gasteiger partial charge >= 0.3 is 0 Å². The van der Waals surface area contributed by atoms with Crippen molar-refractivity contribution in [2.24, 2.45) is 0 Å². The number of para-hydroxylation sites is 1. The predicted octanol–water partition coefficient (Wildman–Crippen LogP) is 2.78. The molecular weight excluding hydrogens is 250 g/mol. The minimum absolute atomic E-state index is 0.0245. The highest BCUT2D eigenvalue weighted by Crippen LogP contribution is 2.17. The van der Waals surface area contributed by atoms with Gasteiger partial charge < -0.3 is 15.3 Å². The molecule has 2 heterocycles. The lowest BCUT2D eigenvalue weighted by Crippen LogP contribution is -2.25. The SMILES string of the molecule is Cc1[nH]ccc1C(=O)NCCc1c[nH]c2ccccc12. The summed E-state index contributed by atoms with van der Waals surface area (Å²) < 4.78 is 0. The van der Waals surface area contributed by atoms with Crippen molar-refractivity contribution in [1.29, 1.82) is 0 Å². The lowest BCUT2D eigenvalue weighted by molar-refractivity contribution is 0.0953. The molecule has 20 heavy (non-hydrogen) atoms. The maximum Gasteiger partial charge on any atom is 0.253 e. The van der Waals surface area contributed by atoms with E-state index in [4.69, 9.17) is 0 Å². The van der Waals surface area contributed by atoms with E-state index < -0.39 is 0 Å². The van der Waals surface area contributed by atoms with Crippen LogP contribution in [0.5, 0.6) is 0 Å². The number of H-pyrrole nitrogens is 2. The van der Waals surface area contributed by atoms with E-state index in [2.05, 4.69) is 27.4 Å². The quantitative estimate of drug-likeness (QED) is 0.669. The topological polar surface area (TPSA) is 60.7 Å². The number of amides is 1. The van der Waals surface area contributed by atoms with Crippen molar-refractivity contribution in [2.75, 3.05) is 6.54 Å². The van der Waals surface area contributed by atoms with E-state index in [9.17, 15) is 4.79 Å². The van der Waals surface area contributed by atoms with Crippen LogP contribution in [0.3, 0.4) is 0 Å². The number of carbonyl (C=O) groups is 1. The van der Waals surface area contributed by atoms with Gasteiger partial charge in [0, 0.05) is 35.5 Å². The van der Waals surface area contributed by atoms with Crippen LogP contribution in [-0.2, 0) is 6.42 Å². The Balaban J connectivity index is 1.63. The average Bonchev–Trinajstić information content (AvgIpc) is 3.05. The van der Waals surface area contributed by atoms with Gasteiger partial charge in [0.2, 0.25) is 0 Å². The van der Waals surface area contributed by atoms with Gasteiger partial charge in [0.15, 0.2) is 0 Å². The standard InChI is InChI=1S/C16H17N3O/c1-11-13(7-9-17-11)16(20)18-8-6-12-10-19-15-5-3-2-4-14(12)15/h2-5,7,9-10,17,19H,6,8H2,1H3,(H,18,20). The highest BCUT2D eigenvalue weighted by atomic mass is 16.1. The first-order valence-corrected chi connectivity index (χ1v) is 6.73. The summed E-state index contributed by atoms with van der Waals surface area (Å²) in [7, 11) is 0. The van der Waals surface area contributed by atoms with Crippen LogP contribution in [0.1, 0.15) is 21.6 Å². The van der Waals surface area contributed by atoms with E-state index in [1.165, 1.54) is 10.9 Å². The van der Waals surface area contributed by atoms with Crippen LogP contribution in [0.2, 0.25) is 0 Å². The molecule has 1 amide bonds. The fourth-order valence-electron chi connectivity index (χ4n) is 2.44. The highest BCUT2D eigenvalue weighted by molar-refractivity contribution is 5.95. The van der Waals surface area contributed by atoms with Crippen LogP contribution in [-0.4, -0.2) is 22.4 Å². The second kappa shape index (κ2) is 5.25. The van der Waals surface area contributed by atoms with E-state index in [-0.39, 0.29) is 5.91 Å². The fraction of sp³-hybridized carbons (Fsp3) is 0.188. The van der Waals surface area contributed by atoms with Gasteiger partial charge in [-0.15, -0.1) is 0 Å². The molecule has 0 atom stereocenters. The number of fused-ring (bicyclic) bond motifs is 1. The second-order valence-electron chi connectivity index (χ2n) is 4.88. The van der Waals surface area contributed by atoms with Gasteiger partial charge in [-0.05, 0) is 31.0 Å². The third-order valence-corrected chi connectivity index (χ3v) is 3.55. The Hall–Kier alpha value is -2.49. The van der Waals surface area contributed by atoms with Crippen molar-refractivity contribution in [3.63, 3.8) is 0 Å². The molecule has 3 aromatic rings. The lowest BCUT2D eigenvalue weighted by Gasteiger charge is -2.04. The molecule has 0 bridgehead atoms. The Bertz CT molecular complexity index is 739. The third kappa shape index (κ3) is 2.32. The zero-order chi connectivity index (χ0) is 13.9. The molecule has 0 radical (unpaired) electrons. The van der Waals surface area contributed by atoms with Gasteiger partial charge in [-0.1, -0.05) is 18.2 Å². The summed E-state index contributed by atoms with van der Waals surface area (Å²) in [6, 6.07) is 10.00. The van der Waals surface area contributed by atoms with Gasteiger partial charge in [-0.3, -0.25) is 4.79 Å². The number of carbonyl (C=O) groups excluding carboxylic acids is 1. The fourth-order valence-corrected chi connectivity index (χ4v) is 2.44. The maximum atomic E-state index is 12.0. The van der Waals surface area contributed by atoms with Gasteiger partial charge in [-0.25, -0.2) is 0 Å². The Labute approximate surface area is 117 Å². The minimum atomic E-state index is -0.0245. The molecule has 2 aromatic heterocycles. The monoisotopic (exact) mass is 267 g/mol. The molecule has 0 aliphatic rings. The first-order valence-electron chi connectivity index (χ1n) is 6.73. The van der Waals surface area contributed by atoms with Gasteiger partial charge in [0.1, 0.15) is 0 Å². The molecule has 0 saturated heterocycles. The molecule has 3 rings (SSSR count). The molecule has 102 valence electrons. The Morgan fingerprint density at radius 2 is 2.05 bits per heavy atom. The lowest BCUT2D eigenvalue weighted by atomic mass is 10.1. The second-order valence-corrected chi connectivity index (χ2v) is 4.88. The number of aryl methyl sites for hydroxylation is 1. The Morgan fingerprint density at radius 1 is 1.20 bits per heavy atom. The molecule has 0 fully saturated rings. The van der Waals surface area contributed by atoms with E-state index in [1.54, 1.807) is 12.3 Å². The van der Waals surface area contributed by atoms with E-state index >= 15 is 0 Å². The van der Waals surface area contributed by atoms with Crippen LogP contribution in [0.4, 0.5) is 0 Å². The number of hydrogen-bond acceptors (Lipinski definition) is 1. The predicted molar refractivity (Wildman–Crippen MR) is 79.9 cm³/mol. The van der Waals surface area contributed by atoms with Crippen molar-refractivity contribution < 1.29 is 4.79 Å². The van der Waals surface area contributed by atoms with Crippen molar-refractivity contribution in [1.82, 2.24) is 15.3 Å². The summed E-state index contributed by atoms with van der Waals surface area (Å²) in [5.74, 6) is -0.0245. The molecule has 0 unspecified atom stereocenters. The molecule has 4 nitrogen and oxygen atoms in total. The third-order valence-electron chi connectivity index (χ3n) is 3.55. The normalized spacial score (nSPS) is 10.8. The van der Waals surface area contributed by atoms with Crippen LogP contribution in [0, 0.1) is 6.92 Å². The van der Waals surface area contributed by atoms with Crippen LogP contribution >= 0.6 is 0 Å². The first kappa shape index (κ1) is 12.5. The maximum absolute atomic E-state index is 12.0. The number of aromatic nitrogens is 2. The van der Waals surface area contributed by atoms with Crippen LogP contribution in [0.15, 0.2) is 42.7 Å². The zero-order valence-electron chi connectivity index (χ0n) is 11.4. The van der Waals surface area contributed by atoms with Crippen LogP contribution in [0.25, 0.3) is 10.9 Å². The molecular formula is C16H17N3O. The van der Waals surface area contributed by atoms with Crippen molar-refractivity contribution in [3.8, 4) is 0 Å². The van der Waals surface area contributed by atoms with Crippen molar-refractivity contribution >= 4 is 16.8 Å². The summed E-state index contributed by atoms with van der Waals surface area (Å²) in [5.41, 5.74) is 3.97. The number of aromatic amines is 2. The van der Waals surface area contributed by atoms with E-state index in [0.29, 0.717) is 12.1 Å². The Kier molecular flexibility index (Phi) is 3.29. The summed E-state index contributed by atoms with van der Waals surface area (Å²) in [4.78, 5) is 18.2. The molecule has 0 aliphatic heterocycles. The van der Waals surface area contributed by atoms with Crippen molar-refractivity contribution in [3.05, 3.63) is 59.5 Å². The smallest absolute Gasteiger partial charge is 0.253 e.